The maximum absolute atomic E-state index is 13.1. The molecule has 5 rings (SSSR count). The molecule has 2 amide bonds. The van der Waals surface area contributed by atoms with E-state index in [0.29, 0.717) is 16.4 Å². The highest BCUT2D eigenvalue weighted by Gasteiger charge is 2.51. The van der Waals surface area contributed by atoms with Gasteiger partial charge in [0, 0.05) is 19.2 Å². The molecule has 0 aromatic heterocycles. The van der Waals surface area contributed by atoms with E-state index >= 15 is 0 Å². The van der Waals surface area contributed by atoms with Crippen LogP contribution in [0.1, 0.15) is 41.4 Å². The summed E-state index contributed by atoms with van der Waals surface area (Å²) in [6, 6.07) is 22.6. The van der Waals surface area contributed by atoms with Gasteiger partial charge in [0.2, 0.25) is 12.2 Å². The molecule has 2 atom stereocenters. The Labute approximate surface area is 377 Å². The Hall–Kier alpha value is -8.16. The summed E-state index contributed by atoms with van der Waals surface area (Å²) in [6.45, 7) is 8.01. The molecule has 1 heterocycles. The molecule has 0 aliphatic carbocycles. The Balaban J connectivity index is 1.06. The van der Waals surface area contributed by atoms with Crippen LogP contribution in [0.2, 0.25) is 0 Å². The number of amides is 2. The van der Waals surface area contributed by atoms with Crippen molar-refractivity contribution in [3.8, 4) is 23.0 Å². The van der Waals surface area contributed by atoms with Crippen LogP contribution in [0, 0.1) is 0 Å². The Morgan fingerprint density at radius 3 is 1.09 bits per heavy atom. The molecule has 4 aromatic rings. The van der Waals surface area contributed by atoms with Crippen LogP contribution < -0.4 is 18.9 Å². The van der Waals surface area contributed by atoms with E-state index < -0.39 is 59.8 Å². The Bertz CT molecular complexity index is 2210. The lowest BCUT2D eigenvalue weighted by molar-refractivity contribution is -0.140. The van der Waals surface area contributed by atoms with Gasteiger partial charge in [-0.3, -0.25) is 14.5 Å². The van der Waals surface area contributed by atoms with Crippen molar-refractivity contribution in [2.75, 3.05) is 59.9 Å². The standard InChI is InChI=1S/C47H43NO18/c1-4-38(49)61-28-24-57-22-26-59-34-14-6-30(7-15-34)44(53)63-36-18-10-32(11-19-36)46(55)65-40-41(43(52)48(3)42(40)51)66-47(56)33-12-20-37(21-13-33)64-45(54)31-8-16-35(17-9-31)60-27-23-58-25-29-62-39(50)5-2/h4-21,40-41H,1-2,22-29H2,3H3/t40-,41-/m1/s1. The highest BCUT2D eigenvalue weighted by Crippen LogP contribution is 2.24. The lowest BCUT2D eigenvalue weighted by Crippen LogP contribution is -2.37. The topological polar surface area (TPSA) is 232 Å². The van der Waals surface area contributed by atoms with Gasteiger partial charge in [0.05, 0.1) is 48.7 Å². The molecule has 0 spiro atoms. The minimum atomic E-state index is -1.81. The molecule has 1 saturated heterocycles. The summed E-state index contributed by atoms with van der Waals surface area (Å²) in [5, 5.41) is 0. The van der Waals surface area contributed by atoms with Crippen LogP contribution in [0.3, 0.4) is 0 Å². The van der Waals surface area contributed by atoms with Crippen molar-refractivity contribution in [2.45, 2.75) is 12.2 Å². The maximum atomic E-state index is 13.1. The van der Waals surface area contributed by atoms with Crippen LogP contribution in [0.5, 0.6) is 23.0 Å². The number of hydrogen-bond donors (Lipinski definition) is 0. The first-order valence-corrected chi connectivity index (χ1v) is 19.9. The van der Waals surface area contributed by atoms with Crippen molar-refractivity contribution in [2.24, 2.45) is 0 Å². The fourth-order valence-corrected chi connectivity index (χ4v) is 5.53. The van der Waals surface area contributed by atoms with Crippen LogP contribution in [-0.2, 0) is 47.6 Å². The molecule has 19 nitrogen and oxygen atoms in total. The smallest absolute Gasteiger partial charge is 0.343 e. The number of ether oxygens (including phenoxy) is 10. The molecule has 66 heavy (non-hydrogen) atoms. The number of imide groups is 1. The van der Waals surface area contributed by atoms with Crippen molar-refractivity contribution >= 4 is 47.6 Å². The second kappa shape index (κ2) is 24.6. The fourth-order valence-electron chi connectivity index (χ4n) is 5.53. The summed E-state index contributed by atoms with van der Waals surface area (Å²) >= 11 is 0. The fraction of sp³-hybridized carbons (Fsp3) is 0.234. The Kier molecular flexibility index (Phi) is 18.2. The molecule has 0 radical (unpaired) electrons. The van der Waals surface area contributed by atoms with Gasteiger partial charge in [0.1, 0.15) is 49.4 Å². The number of carbonyl (C=O) groups excluding carboxylic acids is 8. The quantitative estimate of drug-likeness (QED) is 0.0240. The van der Waals surface area contributed by atoms with E-state index in [2.05, 4.69) is 13.2 Å². The zero-order valence-corrected chi connectivity index (χ0v) is 35.4. The molecular formula is C47H43NO18. The van der Waals surface area contributed by atoms with Gasteiger partial charge < -0.3 is 47.4 Å². The molecule has 19 heteroatoms. The average Bonchev–Trinajstić information content (AvgIpc) is 3.52. The normalized spacial score (nSPS) is 14.0. The van der Waals surface area contributed by atoms with Crippen molar-refractivity contribution < 1.29 is 85.7 Å². The average molecular weight is 910 g/mol. The lowest BCUT2D eigenvalue weighted by Gasteiger charge is -2.17. The molecule has 344 valence electrons. The Morgan fingerprint density at radius 1 is 0.455 bits per heavy atom. The predicted octanol–water partition coefficient (Wildman–Crippen LogP) is 4.12. The number of rotatable bonds is 24. The number of benzene rings is 4. The summed E-state index contributed by atoms with van der Waals surface area (Å²) in [5.41, 5.74) is 0.259. The summed E-state index contributed by atoms with van der Waals surface area (Å²) < 4.78 is 52.9. The van der Waals surface area contributed by atoms with Gasteiger partial charge >= 0.3 is 35.8 Å². The van der Waals surface area contributed by atoms with Crippen LogP contribution in [-0.4, -0.2) is 125 Å². The SMILES string of the molecule is C=CC(=O)OCCOCCOc1ccc(C(=O)Oc2ccc(C(=O)O[C@H]3C(=O)N(C)C(=O)[C@@H]3OC(=O)c3ccc(OC(=O)c4ccc(OCCOCCOC(=O)C=C)cc4)cc3)cc2)cc1. The number of likely N-dealkylation sites (N-methyl/N-ethyl adjacent to an activating group) is 1. The van der Waals surface area contributed by atoms with Gasteiger partial charge in [-0.1, -0.05) is 13.2 Å². The zero-order chi connectivity index (χ0) is 47.4. The van der Waals surface area contributed by atoms with Gasteiger partial charge in [0.25, 0.3) is 11.8 Å². The maximum Gasteiger partial charge on any atom is 0.343 e. The molecule has 1 fully saturated rings. The van der Waals surface area contributed by atoms with E-state index in [1.54, 1.807) is 24.3 Å². The van der Waals surface area contributed by atoms with Gasteiger partial charge in [-0.2, -0.15) is 0 Å². The monoisotopic (exact) mass is 909 g/mol. The highest BCUT2D eigenvalue weighted by molar-refractivity contribution is 6.10. The van der Waals surface area contributed by atoms with Gasteiger partial charge in [-0.25, -0.2) is 28.8 Å². The summed E-state index contributed by atoms with van der Waals surface area (Å²) in [4.78, 5) is 100. The van der Waals surface area contributed by atoms with Crippen molar-refractivity contribution in [3.63, 3.8) is 0 Å². The number of likely N-dealkylation sites (tertiary alicyclic amines) is 1. The molecular weight excluding hydrogens is 867 g/mol. The first-order valence-electron chi connectivity index (χ1n) is 19.9. The minimum absolute atomic E-state index is 0.0728. The van der Waals surface area contributed by atoms with Crippen molar-refractivity contribution in [1.82, 2.24) is 4.90 Å². The van der Waals surface area contributed by atoms with Gasteiger partial charge in [-0.05, 0) is 97.1 Å². The Morgan fingerprint density at radius 2 is 0.758 bits per heavy atom. The molecule has 1 aliphatic rings. The molecule has 4 aromatic carbocycles. The molecule has 0 saturated carbocycles. The van der Waals surface area contributed by atoms with E-state index in [1.807, 2.05) is 0 Å². The van der Waals surface area contributed by atoms with Gasteiger partial charge in [0.15, 0.2) is 0 Å². The second-order valence-electron chi connectivity index (χ2n) is 13.4. The molecule has 0 bridgehead atoms. The lowest BCUT2D eigenvalue weighted by atomic mass is 10.2. The predicted molar refractivity (Wildman–Crippen MR) is 227 cm³/mol. The second-order valence-corrected chi connectivity index (χ2v) is 13.4. The highest BCUT2D eigenvalue weighted by atomic mass is 16.6. The first-order chi connectivity index (χ1) is 31.9. The number of hydrogen-bond acceptors (Lipinski definition) is 18. The number of esters is 6. The molecule has 1 aliphatic heterocycles. The van der Waals surface area contributed by atoms with Crippen LogP contribution in [0.25, 0.3) is 0 Å². The number of nitrogens with zero attached hydrogens (tertiary/aromatic N) is 1. The summed E-state index contributed by atoms with van der Waals surface area (Å²) in [7, 11) is 1.14. The van der Waals surface area contributed by atoms with Crippen LogP contribution in [0.4, 0.5) is 0 Å². The van der Waals surface area contributed by atoms with Gasteiger partial charge in [-0.15, -0.1) is 0 Å². The third kappa shape index (κ3) is 14.4. The summed E-state index contributed by atoms with van der Waals surface area (Å²) in [6.07, 6.45) is -1.51. The van der Waals surface area contributed by atoms with Crippen LogP contribution in [0.15, 0.2) is 122 Å². The first kappa shape index (κ1) is 48.9. The third-order valence-electron chi connectivity index (χ3n) is 8.94. The number of carbonyl (C=O) groups is 8. The summed E-state index contributed by atoms with van der Waals surface area (Å²) in [5.74, 6) is -5.33. The van der Waals surface area contributed by atoms with E-state index in [4.69, 9.17) is 47.4 Å². The third-order valence-corrected chi connectivity index (χ3v) is 8.94. The van der Waals surface area contributed by atoms with Crippen LogP contribution >= 0.6 is 0 Å². The molecule has 0 unspecified atom stereocenters. The minimum Gasteiger partial charge on any atom is -0.491 e. The molecule has 0 N–H and O–H groups in total. The van der Waals surface area contributed by atoms with E-state index in [0.717, 1.165) is 19.2 Å². The van der Waals surface area contributed by atoms with E-state index in [1.165, 1.54) is 72.8 Å². The van der Waals surface area contributed by atoms with E-state index in [-0.39, 0.29) is 86.6 Å². The van der Waals surface area contributed by atoms with E-state index in [9.17, 15) is 38.4 Å². The van der Waals surface area contributed by atoms with Crippen molar-refractivity contribution in [1.29, 1.82) is 0 Å². The zero-order valence-electron chi connectivity index (χ0n) is 35.4. The largest absolute Gasteiger partial charge is 0.491 e. The van der Waals surface area contributed by atoms with Crippen molar-refractivity contribution in [3.05, 3.63) is 145 Å².